The van der Waals surface area contributed by atoms with Gasteiger partial charge >= 0.3 is 0 Å². The first kappa shape index (κ1) is 14.8. The van der Waals surface area contributed by atoms with Gasteiger partial charge in [-0.05, 0) is 6.92 Å². The highest BCUT2D eigenvalue weighted by molar-refractivity contribution is 7.15. The van der Waals surface area contributed by atoms with Crippen LogP contribution in [0, 0.1) is 0 Å². The molecule has 0 spiro atoms. The van der Waals surface area contributed by atoms with Crippen LogP contribution in [0.4, 0.5) is 0 Å². The number of fused-ring (bicyclic) bond motifs is 1. The molecule has 1 amide bonds. The second-order valence-corrected chi connectivity index (χ2v) is 6.06. The third-order valence-corrected chi connectivity index (χ3v) is 4.40. The van der Waals surface area contributed by atoms with Crippen molar-refractivity contribution in [2.75, 3.05) is 0 Å². The van der Waals surface area contributed by atoms with Crippen LogP contribution < -0.4 is 5.32 Å². The Kier molecular flexibility index (Phi) is 4.24. The van der Waals surface area contributed by atoms with E-state index in [1.165, 1.54) is 0 Å². The number of carbonyl (C=O) groups is 1. The van der Waals surface area contributed by atoms with E-state index in [2.05, 4.69) is 22.2 Å². The molecule has 3 heterocycles. The molecule has 116 valence electrons. The van der Waals surface area contributed by atoms with Gasteiger partial charge in [-0.25, -0.2) is 9.97 Å². The molecule has 0 fully saturated rings. The third kappa shape index (κ3) is 3.04. The number of hydrogen-bond acceptors (Lipinski definition) is 4. The van der Waals surface area contributed by atoms with Crippen molar-refractivity contribution in [3.63, 3.8) is 0 Å². The van der Waals surface area contributed by atoms with E-state index < -0.39 is 0 Å². The molecule has 6 nitrogen and oxygen atoms in total. The number of imidazole rings is 2. The summed E-state index contributed by atoms with van der Waals surface area (Å²) in [5, 5.41) is 4.99. The Morgan fingerprint density at radius 1 is 1.45 bits per heavy atom. The van der Waals surface area contributed by atoms with Crippen LogP contribution >= 0.6 is 11.3 Å². The number of rotatable bonds is 6. The van der Waals surface area contributed by atoms with E-state index in [4.69, 9.17) is 0 Å². The average molecular weight is 317 g/mol. The van der Waals surface area contributed by atoms with Crippen LogP contribution in [0.5, 0.6) is 0 Å². The zero-order valence-corrected chi connectivity index (χ0v) is 13.5. The summed E-state index contributed by atoms with van der Waals surface area (Å²) in [7, 11) is 0. The summed E-state index contributed by atoms with van der Waals surface area (Å²) in [6.07, 6.45) is 8.93. The van der Waals surface area contributed by atoms with Gasteiger partial charge in [-0.1, -0.05) is 6.92 Å². The lowest BCUT2D eigenvalue weighted by Crippen LogP contribution is -2.27. The lowest BCUT2D eigenvalue weighted by Gasteiger charge is -2.12. The standard InChI is InChI=1S/C15H19N5OS/c1-3-13-16-5-7-19(13)6-4-14(21)17-11(2)12-10-20-8-9-22-15(20)18-12/h5,7-11H,3-4,6H2,1-2H3,(H,17,21)/t11-/m0/s1. The summed E-state index contributed by atoms with van der Waals surface area (Å²) in [5.74, 6) is 1.04. The molecule has 0 aliphatic rings. The maximum atomic E-state index is 12.1. The molecule has 0 aliphatic heterocycles. The summed E-state index contributed by atoms with van der Waals surface area (Å²) in [5.41, 5.74) is 0.886. The lowest BCUT2D eigenvalue weighted by molar-refractivity contribution is -0.122. The Bertz CT molecular complexity index is 743. The highest BCUT2D eigenvalue weighted by atomic mass is 32.1. The predicted octanol–water partition coefficient (Wildman–Crippen LogP) is 2.42. The Balaban J connectivity index is 1.56. The highest BCUT2D eigenvalue weighted by Gasteiger charge is 2.13. The van der Waals surface area contributed by atoms with Crippen molar-refractivity contribution in [1.29, 1.82) is 0 Å². The number of amides is 1. The molecule has 0 radical (unpaired) electrons. The molecule has 0 bridgehead atoms. The third-order valence-electron chi connectivity index (χ3n) is 3.63. The van der Waals surface area contributed by atoms with Crippen LogP contribution in [0.15, 0.2) is 30.2 Å². The summed E-state index contributed by atoms with van der Waals surface area (Å²) in [4.78, 5) is 21.8. The van der Waals surface area contributed by atoms with Gasteiger partial charge in [0.1, 0.15) is 5.82 Å². The van der Waals surface area contributed by atoms with E-state index in [0.717, 1.165) is 22.9 Å². The quantitative estimate of drug-likeness (QED) is 0.759. The second-order valence-electron chi connectivity index (χ2n) is 5.19. The van der Waals surface area contributed by atoms with Gasteiger partial charge in [-0.2, -0.15) is 0 Å². The molecular formula is C15H19N5OS. The summed E-state index contributed by atoms with van der Waals surface area (Å²) >= 11 is 1.59. The van der Waals surface area contributed by atoms with Crippen LogP contribution in [0.25, 0.3) is 4.96 Å². The van der Waals surface area contributed by atoms with Crippen molar-refractivity contribution in [3.05, 3.63) is 41.7 Å². The lowest BCUT2D eigenvalue weighted by atomic mass is 10.2. The summed E-state index contributed by atoms with van der Waals surface area (Å²) in [6, 6.07) is -0.0898. The minimum absolute atomic E-state index is 0.0274. The van der Waals surface area contributed by atoms with E-state index >= 15 is 0 Å². The first-order valence-corrected chi connectivity index (χ1v) is 8.26. The molecule has 1 atom stereocenters. The molecule has 3 aromatic heterocycles. The fourth-order valence-corrected chi connectivity index (χ4v) is 3.13. The largest absolute Gasteiger partial charge is 0.348 e. The number of aromatic nitrogens is 4. The zero-order chi connectivity index (χ0) is 15.5. The molecule has 0 saturated heterocycles. The van der Waals surface area contributed by atoms with Crippen LogP contribution in [0.3, 0.4) is 0 Å². The number of nitrogens with one attached hydrogen (secondary N) is 1. The van der Waals surface area contributed by atoms with Gasteiger partial charge in [0.05, 0.1) is 11.7 Å². The number of carbonyl (C=O) groups excluding carboxylic acids is 1. The predicted molar refractivity (Wildman–Crippen MR) is 85.8 cm³/mol. The van der Waals surface area contributed by atoms with E-state index in [1.807, 2.05) is 39.9 Å². The van der Waals surface area contributed by atoms with Gasteiger partial charge in [0, 0.05) is 49.6 Å². The Morgan fingerprint density at radius 3 is 3.09 bits per heavy atom. The van der Waals surface area contributed by atoms with E-state index in [9.17, 15) is 4.79 Å². The normalized spacial score (nSPS) is 12.6. The maximum Gasteiger partial charge on any atom is 0.222 e. The molecule has 0 aliphatic carbocycles. The van der Waals surface area contributed by atoms with Gasteiger partial charge in [0.15, 0.2) is 4.96 Å². The number of aryl methyl sites for hydroxylation is 2. The van der Waals surface area contributed by atoms with Gasteiger partial charge in [0.25, 0.3) is 0 Å². The highest BCUT2D eigenvalue weighted by Crippen LogP contribution is 2.16. The summed E-state index contributed by atoms with van der Waals surface area (Å²) < 4.78 is 4.00. The topological polar surface area (TPSA) is 64.2 Å². The van der Waals surface area contributed by atoms with Crippen LogP contribution in [0.1, 0.15) is 37.8 Å². The SMILES string of the molecule is CCc1nccn1CCC(=O)N[C@@H](C)c1cn2ccsc2n1. The van der Waals surface area contributed by atoms with Crippen LogP contribution in [-0.2, 0) is 17.8 Å². The fourth-order valence-electron chi connectivity index (χ4n) is 2.42. The van der Waals surface area contributed by atoms with Crippen molar-refractivity contribution < 1.29 is 4.79 Å². The smallest absolute Gasteiger partial charge is 0.222 e. The van der Waals surface area contributed by atoms with Gasteiger partial charge in [-0.15, -0.1) is 11.3 Å². The molecular weight excluding hydrogens is 298 g/mol. The van der Waals surface area contributed by atoms with Crippen LogP contribution in [0.2, 0.25) is 0 Å². The van der Waals surface area contributed by atoms with E-state index in [-0.39, 0.29) is 11.9 Å². The number of thiazole rings is 1. The molecule has 3 aromatic rings. The molecule has 0 saturated carbocycles. The Labute approximate surface area is 132 Å². The van der Waals surface area contributed by atoms with Gasteiger partial charge in [-0.3, -0.25) is 9.20 Å². The minimum atomic E-state index is -0.0898. The molecule has 3 rings (SSSR count). The first-order chi connectivity index (χ1) is 10.7. The van der Waals surface area contributed by atoms with Crippen LogP contribution in [-0.4, -0.2) is 24.8 Å². The van der Waals surface area contributed by atoms with Crippen molar-refractivity contribution in [1.82, 2.24) is 24.3 Å². The van der Waals surface area contributed by atoms with E-state index in [1.54, 1.807) is 17.5 Å². The molecule has 0 aromatic carbocycles. The molecule has 0 unspecified atom stereocenters. The van der Waals surface area contributed by atoms with E-state index in [0.29, 0.717) is 13.0 Å². The fraction of sp³-hybridized carbons (Fsp3) is 0.400. The number of nitrogens with zero attached hydrogens (tertiary/aromatic N) is 4. The number of hydrogen-bond donors (Lipinski definition) is 1. The first-order valence-electron chi connectivity index (χ1n) is 7.39. The van der Waals surface area contributed by atoms with Gasteiger partial charge in [0.2, 0.25) is 5.91 Å². The van der Waals surface area contributed by atoms with Gasteiger partial charge < -0.3 is 9.88 Å². The monoisotopic (exact) mass is 317 g/mol. The van der Waals surface area contributed by atoms with Crippen molar-refractivity contribution >= 4 is 22.2 Å². The second kappa shape index (κ2) is 6.31. The Hall–Kier alpha value is -2.15. The minimum Gasteiger partial charge on any atom is -0.348 e. The Morgan fingerprint density at radius 2 is 2.32 bits per heavy atom. The van der Waals surface area contributed by atoms with Crippen molar-refractivity contribution in [2.24, 2.45) is 0 Å². The zero-order valence-electron chi connectivity index (χ0n) is 12.7. The van der Waals surface area contributed by atoms with Crippen molar-refractivity contribution in [2.45, 2.75) is 39.3 Å². The average Bonchev–Trinajstić information content (AvgIpc) is 3.19. The molecule has 7 heteroatoms. The molecule has 1 N–H and O–H groups in total. The summed E-state index contributed by atoms with van der Waals surface area (Å²) in [6.45, 7) is 4.67. The molecule has 22 heavy (non-hydrogen) atoms. The van der Waals surface area contributed by atoms with Crippen molar-refractivity contribution in [3.8, 4) is 0 Å². The maximum absolute atomic E-state index is 12.1.